The zero-order chi connectivity index (χ0) is 26.6. The van der Waals surface area contributed by atoms with Gasteiger partial charge in [-0.3, -0.25) is 9.59 Å². The lowest BCUT2D eigenvalue weighted by molar-refractivity contribution is -0.116. The van der Waals surface area contributed by atoms with Crippen LogP contribution in [0, 0.1) is 6.92 Å². The van der Waals surface area contributed by atoms with Gasteiger partial charge in [-0.15, -0.1) is 0 Å². The number of rotatable bonds is 6. The van der Waals surface area contributed by atoms with Crippen molar-refractivity contribution in [3.05, 3.63) is 101 Å². The molecule has 3 N–H and O–H groups in total. The summed E-state index contributed by atoms with van der Waals surface area (Å²) in [7, 11) is 0. The Balaban J connectivity index is 1.52. The van der Waals surface area contributed by atoms with Crippen LogP contribution in [0.3, 0.4) is 0 Å². The van der Waals surface area contributed by atoms with Gasteiger partial charge in [-0.2, -0.15) is 0 Å². The van der Waals surface area contributed by atoms with Crippen molar-refractivity contribution < 1.29 is 14.4 Å². The smallest absolute Gasteiger partial charge is 0.258 e. The molecule has 6 rings (SSSR count). The molecule has 0 bridgehead atoms. The molecule has 4 aromatic carbocycles. The number of ketones is 1. The highest BCUT2D eigenvalue weighted by Crippen LogP contribution is 2.41. The summed E-state index contributed by atoms with van der Waals surface area (Å²) < 4.78 is 0. The molecule has 0 saturated carbocycles. The van der Waals surface area contributed by atoms with Gasteiger partial charge < -0.3 is 20.4 Å². The van der Waals surface area contributed by atoms with E-state index in [1.807, 2.05) is 78.6 Å². The third kappa shape index (κ3) is 3.77. The van der Waals surface area contributed by atoms with Crippen LogP contribution in [0.25, 0.3) is 32.9 Å². The predicted octanol–water partition coefficient (Wildman–Crippen LogP) is 6.08. The predicted molar refractivity (Wildman–Crippen MR) is 150 cm³/mol. The first-order valence-electron chi connectivity index (χ1n) is 12.7. The first kappa shape index (κ1) is 23.7. The van der Waals surface area contributed by atoms with Crippen LogP contribution >= 0.6 is 0 Å². The number of nitrogens with one attached hydrogen (secondary N) is 1. The molecule has 2 amide bonds. The van der Waals surface area contributed by atoms with E-state index in [9.17, 15) is 14.4 Å². The number of amides is 2. The molecule has 1 aromatic heterocycles. The molecular formula is C32H27N3O3. The number of H-pyrrole nitrogens is 1. The average Bonchev–Trinajstić information content (AvgIpc) is 3.45. The van der Waals surface area contributed by atoms with Crippen LogP contribution in [0.15, 0.2) is 72.8 Å². The molecule has 0 atom stereocenters. The molecule has 0 saturated heterocycles. The van der Waals surface area contributed by atoms with Gasteiger partial charge >= 0.3 is 0 Å². The Kier molecular flexibility index (Phi) is 5.60. The highest BCUT2D eigenvalue weighted by molar-refractivity contribution is 6.20. The SMILES string of the molecule is CC(=O)CCc1ccc2c(c1)[nH]c1c(C(N)=O)ccc(-c3cccc(N4Cc5ccccc5C4=O)c3C)c12. The Morgan fingerprint density at radius 2 is 1.74 bits per heavy atom. The molecule has 6 nitrogen and oxygen atoms in total. The number of carbonyl (C=O) groups is 3. The number of hydrogen-bond acceptors (Lipinski definition) is 3. The number of benzene rings is 4. The second-order valence-corrected chi connectivity index (χ2v) is 9.98. The van der Waals surface area contributed by atoms with Crippen molar-refractivity contribution in [3.8, 4) is 11.1 Å². The minimum Gasteiger partial charge on any atom is -0.366 e. The Bertz CT molecular complexity index is 1800. The van der Waals surface area contributed by atoms with E-state index in [1.165, 1.54) is 0 Å². The van der Waals surface area contributed by atoms with Gasteiger partial charge in [0.25, 0.3) is 11.8 Å². The number of fused-ring (bicyclic) bond motifs is 4. The summed E-state index contributed by atoms with van der Waals surface area (Å²) in [4.78, 5) is 42.3. The lowest BCUT2D eigenvalue weighted by Gasteiger charge is -2.21. The fraction of sp³-hybridized carbons (Fsp3) is 0.156. The number of aromatic amines is 1. The summed E-state index contributed by atoms with van der Waals surface area (Å²) in [6.45, 7) is 4.16. The van der Waals surface area contributed by atoms with Gasteiger partial charge in [0.05, 0.1) is 17.6 Å². The number of nitrogens with two attached hydrogens (primary N) is 1. The normalized spacial score (nSPS) is 12.9. The molecule has 6 heteroatoms. The number of aromatic nitrogens is 1. The molecule has 0 radical (unpaired) electrons. The Morgan fingerprint density at radius 3 is 2.50 bits per heavy atom. The van der Waals surface area contributed by atoms with Crippen LogP contribution in [0.5, 0.6) is 0 Å². The Labute approximate surface area is 220 Å². The lowest BCUT2D eigenvalue weighted by atomic mass is 9.93. The van der Waals surface area contributed by atoms with Gasteiger partial charge in [0, 0.05) is 34.0 Å². The molecule has 0 spiro atoms. The molecule has 188 valence electrons. The fourth-order valence-corrected chi connectivity index (χ4v) is 5.62. The molecule has 2 heterocycles. The van der Waals surface area contributed by atoms with E-state index >= 15 is 0 Å². The summed E-state index contributed by atoms with van der Waals surface area (Å²) in [5, 5.41) is 1.88. The molecule has 0 unspecified atom stereocenters. The van der Waals surface area contributed by atoms with Crippen LogP contribution in [0.4, 0.5) is 5.69 Å². The van der Waals surface area contributed by atoms with Gasteiger partial charge in [-0.1, -0.05) is 48.5 Å². The molecule has 5 aromatic rings. The average molecular weight is 502 g/mol. The number of nitrogens with zero attached hydrogens (tertiary/aromatic N) is 1. The maximum atomic E-state index is 13.2. The highest BCUT2D eigenvalue weighted by Gasteiger charge is 2.29. The first-order valence-corrected chi connectivity index (χ1v) is 12.7. The third-order valence-corrected chi connectivity index (χ3v) is 7.56. The van der Waals surface area contributed by atoms with Crippen LogP contribution in [0.1, 0.15) is 50.8 Å². The molecule has 1 aliphatic rings. The van der Waals surface area contributed by atoms with Crippen LogP contribution in [0.2, 0.25) is 0 Å². The lowest BCUT2D eigenvalue weighted by Crippen LogP contribution is -2.24. The van der Waals surface area contributed by atoms with E-state index in [4.69, 9.17) is 5.73 Å². The quantitative estimate of drug-likeness (QED) is 0.295. The highest BCUT2D eigenvalue weighted by atomic mass is 16.2. The summed E-state index contributed by atoms with van der Waals surface area (Å²) in [5.41, 5.74) is 14.3. The van der Waals surface area contributed by atoms with Crippen molar-refractivity contribution >= 4 is 45.1 Å². The number of anilines is 1. The van der Waals surface area contributed by atoms with Gasteiger partial charge in [0.2, 0.25) is 0 Å². The van der Waals surface area contributed by atoms with Gasteiger partial charge in [-0.05, 0) is 72.4 Å². The van der Waals surface area contributed by atoms with E-state index in [-0.39, 0.29) is 11.7 Å². The van der Waals surface area contributed by atoms with Gasteiger partial charge in [-0.25, -0.2) is 0 Å². The minimum atomic E-state index is -0.504. The van der Waals surface area contributed by atoms with Crippen molar-refractivity contribution in [1.82, 2.24) is 4.98 Å². The summed E-state index contributed by atoms with van der Waals surface area (Å²) >= 11 is 0. The molecule has 0 aliphatic carbocycles. The van der Waals surface area contributed by atoms with Crippen LogP contribution in [-0.2, 0) is 17.8 Å². The van der Waals surface area contributed by atoms with E-state index in [1.54, 1.807) is 13.0 Å². The number of Topliss-reactive ketones (excluding diaryl/α,β-unsaturated/α-hetero) is 1. The second kappa shape index (κ2) is 8.99. The van der Waals surface area contributed by atoms with E-state index in [0.29, 0.717) is 30.5 Å². The van der Waals surface area contributed by atoms with Crippen molar-refractivity contribution in [1.29, 1.82) is 0 Å². The van der Waals surface area contributed by atoms with Crippen molar-refractivity contribution in [2.45, 2.75) is 33.2 Å². The third-order valence-electron chi connectivity index (χ3n) is 7.56. The Morgan fingerprint density at radius 1 is 0.947 bits per heavy atom. The molecular weight excluding hydrogens is 474 g/mol. The second-order valence-electron chi connectivity index (χ2n) is 9.98. The van der Waals surface area contributed by atoms with Gasteiger partial charge in [0.15, 0.2) is 0 Å². The zero-order valence-electron chi connectivity index (χ0n) is 21.3. The van der Waals surface area contributed by atoms with Crippen molar-refractivity contribution in [2.24, 2.45) is 5.73 Å². The number of primary amides is 1. The minimum absolute atomic E-state index is 0.000239. The van der Waals surface area contributed by atoms with E-state index in [2.05, 4.69) is 4.98 Å². The van der Waals surface area contributed by atoms with Gasteiger partial charge in [0.1, 0.15) is 5.78 Å². The molecule has 1 aliphatic heterocycles. The standard InChI is InChI=1S/C32H27N3O3/c1-18(36)10-11-20-12-13-25-27(16-20)34-30-26(31(33)37)15-14-24(29(25)30)22-8-5-9-28(19(22)2)35-17-21-6-3-4-7-23(21)32(35)38/h3-9,12-16,34H,10-11,17H2,1-2H3,(H2,33,37). The summed E-state index contributed by atoms with van der Waals surface area (Å²) in [6, 6.07) is 23.5. The van der Waals surface area contributed by atoms with Crippen LogP contribution in [-0.4, -0.2) is 22.6 Å². The number of carbonyl (C=O) groups excluding carboxylic acids is 3. The topological polar surface area (TPSA) is 96.3 Å². The van der Waals surface area contributed by atoms with E-state index < -0.39 is 5.91 Å². The first-order chi connectivity index (χ1) is 18.3. The zero-order valence-corrected chi connectivity index (χ0v) is 21.3. The summed E-state index contributed by atoms with van der Waals surface area (Å²) in [5.74, 6) is -0.356. The van der Waals surface area contributed by atoms with Crippen molar-refractivity contribution in [2.75, 3.05) is 4.90 Å². The van der Waals surface area contributed by atoms with Crippen molar-refractivity contribution in [3.63, 3.8) is 0 Å². The maximum absolute atomic E-state index is 13.2. The number of hydrogen-bond donors (Lipinski definition) is 2. The monoisotopic (exact) mass is 501 g/mol. The van der Waals surface area contributed by atoms with Crippen LogP contribution < -0.4 is 10.6 Å². The Hall–Kier alpha value is -4.71. The summed E-state index contributed by atoms with van der Waals surface area (Å²) in [6.07, 6.45) is 1.14. The molecule has 0 fully saturated rings. The maximum Gasteiger partial charge on any atom is 0.258 e. The molecule has 38 heavy (non-hydrogen) atoms. The van der Waals surface area contributed by atoms with E-state index in [0.717, 1.165) is 55.4 Å². The largest absolute Gasteiger partial charge is 0.366 e. The fourth-order valence-electron chi connectivity index (χ4n) is 5.62. The number of aryl methyl sites for hydroxylation is 1.